The van der Waals surface area contributed by atoms with Gasteiger partial charge in [-0.25, -0.2) is 0 Å². The van der Waals surface area contributed by atoms with Crippen LogP contribution < -0.4 is 0 Å². The summed E-state index contributed by atoms with van der Waals surface area (Å²) in [7, 11) is -5.26. The van der Waals surface area contributed by atoms with Crippen molar-refractivity contribution in [3.05, 3.63) is 12.7 Å². The van der Waals surface area contributed by atoms with E-state index in [1.807, 2.05) is 0 Å². The van der Waals surface area contributed by atoms with E-state index in [2.05, 4.69) is 62.0 Å². The molecule has 7 heteroatoms. The highest BCUT2D eigenvalue weighted by Crippen LogP contribution is 2.48. The second-order valence-electron chi connectivity index (χ2n) is 9.29. The molecule has 0 aromatic carbocycles. The van der Waals surface area contributed by atoms with E-state index < -0.39 is 29.3 Å². The molecule has 0 bridgehead atoms. The molecular weight excluding hydrogens is 376 g/mol. The van der Waals surface area contributed by atoms with Crippen molar-refractivity contribution in [2.75, 3.05) is 6.61 Å². The van der Waals surface area contributed by atoms with Crippen LogP contribution in [-0.2, 0) is 17.7 Å². The summed E-state index contributed by atoms with van der Waals surface area (Å²) in [5.74, 6) is 0. The van der Waals surface area contributed by atoms with Gasteiger partial charge >= 0.3 is 17.1 Å². The molecule has 0 aromatic heterocycles. The van der Waals surface area contributed by atoms with Crippen molar-refractivity contribution in [1.29, 1.82) is 0 Å². The molecule has 158 valence electrons. The molecule has 2 aliphatic rings. The number of hydrogen-bond acceptors (Lipinski definition) is 5. The molecule has 27 heavy (non-hydrogen) atoms. The van der Waals surface area contributed by atoms with E-state index >= 15 is 0 Å². The van der Waals surface area contributed by atoms with Crippen molar-refractivity contribution in [1.82, 2.24) is 0 Å². The zero-order valence-corrected chi connectivity index (χ0v) is 20.4. The average molecular weight is 417 g/mol. The van der Waals surface area contributed by atoms with Crippen LogP contribution in [0.5, 0.6) is 0 Å². The first kappa shape index (κ1) is 23.3. The molecular formula is C20H40O5Si2. The summed E-state index contributed by atoms with van der Waals surface area (Å²) in [5, 5.41) is 11.1. The second-order valence-corrected chi connectivity index (χ2v) is 18.1. The van der Waals surface area contributed by atoms with Gasteiger partial charge in [0.15, 0.2) is 0 Å². The summed E-state index contributed by atoms with van der Waals surface area (Å²) < 4.78 is 26.7. The van der Waals surface area contributed by atoms with Crippen LogP contribution in [0.2, 0.25) is 22.2 Å². The van der Waals surface area contributed by atoms with Crippen LogP contribution in [0.4, 0.5) is 0 Å². The summed E-state index contributed by atoms with van der Waals surface area (Å²) in [5.41, 5.74) is 1.09. The van der Waals surface area contributed by atoms with E-state index in [9.17, 15) is 5.11 Å². The Bertz CT molecular complexity index is 493. The first-order valence-corrected chi connectivity index (χ1v) is 14.4. The molecule has 5 nitrogen and oxygen atoms in total. The smallest absolute Gasteiger partial charge is 0.335 e. The maximum Gasteiger partial charge on any atom is 0.335 e. The van der Waals surface area contributed by atoms with Gasteiger partial charge in [-0.15, -0.1) is 6.58 Å². The largest absolute Gasteiger partial charge is 0.414 e. The quantitative estimate of drug-likeness (QED) is 0.504. The lowest BCUT2D eigenvalue weighted by atomic mass is 9.98. The normalized spacial score (nSPS) is 33.4. The Labute approximate surface area is 167 Å². The van der Waals surface area contributed by atoms with Gasteiger partial charge in [0.25, 0.3) is 0 Å². The summed E-state index contributed by atoms with van der Waals surface area (Å²) in [6.45, 7) is 21.8. The number of hydrogen-bond donors (Lipinski definition) is 1. The third-order valence-electron chi connectivity index (χ3n) is 6.15. The predicted molar refractivity (Wildman–Crippen MR) is 113 cm³/mol. The Kier molecular flexibility index (Phi) is 7.56. The zero-order chi connectivity index (χ0) is 20.6. The van der Waals surface area contributed by atoms with E-state index in [4.69, 9.17) is 17.7 Å². The van der Waals surface area contributed by atoms with Crippen molar-refractivity contribution in [3.63, 3.8) is 0 Å². The average Bonchev–Trinajstić information content (AvgIpc) is 2.74. The lowest BCUT2D eigenvalue weighted by Crippen LogP contribution is -2.60. The van der Waals surface area contributed by atoms with Gasteiger partial charge < -0.3 is 22.8 Å². The molecule has 4 atom stereocenters. The summed E-state index contributed by atoms with van der Waals surface area (Å²) in [6.07, 6.45) is 0.656. The molecule has 1 N–H and O–H groups in total. The molecule has 0 aliphatic carbocycles. The lowest BCUT2D eigenvalue weighted by molar-refractivity contribution is -0.174. The summed E-state index contributed by atoms with van der Waals surface area (Å²) >= 11 is 0. The van der Waals surface area contributed by atoms with Crippen LogP contribution >= 0.6 is 0 Å². The molecule has 2 fully saturated rings. The van der Waals surface area contributed by atoms with Crippen LogP contribution in [0.3, 0.4) is 0 Å². The molecule has 0 spiro atoms. The highest BCUT2D eigenvalue weighted by Gasteiger charge is 2.62. The molecule has 2 saturated heterocycles. The molecule has 2 aliphatic heterocycles. The topological polar surface area (TPSA) is 57.2 Å². The zero-order valence-electron chi connectivity index (χ0n) is 18.4. The lowest BCUT2D eigenvalue weighted by Gasteiger charge is -2.46. The Hall–Kier alpha value is -0.0262. The molecule has 0 aromatic rings. The van der Waals surface area contributed by atoms with Gasteiger partial charge in [0.05, 0.1) is 18.8 Å². The number of aliphatic hydroxyl groups excluding tert-OH is 1. The van der Waals surface area contributed by atoms with Gasteiger partial charge in [0, 0.05) is 0 Å². The van der Waals surface area contributed by atoms with Gasteiger partial charge in [-0.05, 0) is 28.6 Å². The molecule has 2 heterocycles. The number of rotatable bonds is 6. The monoisotopic (exact) mass is 416 g/mol. The van der Waals surface area contributed by atoms with Crippen molar-refractivity contribution in [2.45, 2.75) is 108 Å². The van der Waals surface area contributed by atoms with Gasteiger partial charge in [0.2, 0.25) is 0 Å². The third kappa shape index (κ3) is 4.15. The predicted octanol–water partition coefficient (Wildman–Crippen LogP) is 4.65. The van der Waals surface area contributed by atoms with Crippen molar-refractivity contribution < 1.29 is 22.8 Å². The van der Waals surface area contributed by atoms with Crippen molar-refractivity contribution in [3.8, 4) is 0 Å². The first-order chi connectivity index (χ1) is 12.5. The maximum absolute atomic E-state index is 11.1. The SMILES string of the molecule is C=CC[C@H]1OC[C@H]2O[Si](C(C)C)(C(C)C)O[Si](C(C)C)(C(C)C)OC2C1O. The molecule has 2 unspecified atom stereocenters. The van der Waals surface area contributed by atoms with Crippen LogP contribution in [0.15, 0.2) is 12.7 Å². The van der Waals surface area contributed by atoms with Gasteiger partial charge in [0.1, 0.15) is 12.2 Å². The Morgan fingerprint density at radius 3 is 1.85 bits per heavy atom. The van der Waals surface area contributed by atoms with E-state index in [1.54, 1.807) is 6.08 Å². The minimum absolute atomic E-state index is 0.261. The van der Waals surface area contributed by atoms with E-state index in [-0.39, 0.29) is 34.4 Å². The van der Waals surface area contributed by atoms with E-state index in [1.165, 1.54) is 0 Å². The Balaban J connectivity index is 2.55. The summed E-state index contributed by atoms with van der Waals surface area (Å²) in [6, 6.07) is 0. The fraction of sp³-hybridized carbons (Fsp3) is 0.900. The number of ether oxygens (including phenoxy) is 1. The molecule has 2 rings (SSSR count). The third-order valence-corrected chi connectivity index (χ3v) is 16.5. The highest BCUT2D eigenvalue weighted by molar-refractivity contribution is 6.84. The standard InChI is InChI=1S/C20H40O5Si2/c1-10-11-17-19(21)20-18(12-22-17)23-26(13(2)3,14(4)5)25-27(24-20,15(6)7)16(8)9/h10,13-21H,1,11-12H2,2-9H3/t17-,18-,19?,20?/m1/s1. The van der Waals surface area contributed by atoms with E-state index in [0.717, 1.165) is 0 Å². The van der Waals surface area contributed by atoms with Gasteiger partial charge in [-0.2, -0.15) is 0 Å². The number of fused-ring (bicyclic) bond motifs is 1. The van der Waals surface area contributed by atoms with Gasteiger partial charge in [-0.1, -0.05) is 61.5 Å². The van der Waals surface area contributed by atoms with Crippen molar-refractivity contribution >= 4 is 17.1 Å². The maximum atomic E-state index is 11.1. The fourth-order valence-corrected chi connectivity index (χ4v) is 15.9. The number of aliphatic hydroxyl groups is 1. The minimum atomic E-state index is -2.66. The van der Waals surface area contributed by atoms with Crippen LogP contribution in [0.25, 0.3) is 0 Å². The van der Waals surface area contributed by atoms with Crippen LogP contribution in [-0.4, -0.2) is 53.3 Å². The Morgan fingerprint density at radius 2 is 1.41 bits per heavy atom. The van der Waals surface area contributed by atoms with Gasteiger partial charge in [-0.3, -0.25) is 0 Å². The Morgan fingerprint density at radius 1 is 0.926 bits per heavy atom. The molecule has 0 radical (unpaired) electrons. The first-order valence-electron chi connectivity index (χ1n) is 10.5. The van der Waals surface area contributed by atoms with Crippen LogP contribution in [0, 0.1) is 0 Å². The van der Waals surface area contributed by atoms with Crippen molar-refractivity contribution in [2.24, 2.45) is 0 Å². The fourth-order valence-electron chi connectivity index (χ4n) is 4.56. The minimum Gasteiger partial charge on any atom is -0.414 e. The highest BCUT2D eigenvalue weighted by atomic mass is 28.5. The summed E-state index contributed by atoms with van der Waals surface area (Å²) in [4.78, 5) is 0. The second kappa shape index (κ2) is 8.77. The molecule has 0 amide bonds. The van der Waals surface area contributed by atoms with E-state index in [0.29, 0.717) is 13.0 Å². The van der Waals surface area contributed by atoms with Crippen LogP contribution in [0.1, 0.15) is 61.8 Å². The molecule has 0 saturated carbocycles.